The third-order valence-electron chi connectivity index (χ3n) is 3.28. The molecule has 22 heavy (non-hydrogen) atoms. The Morgan fingerprint density at radius 1 is 0.864 bits per heavy atom. The lowest BCUT2D eigenvalue weighted by Gasteiger charge is -2.13. The van der Waals surface area contributed by atoms with Crippen molar-refractivity contribution >= 4 is 5.97 Å². The molecule has 5 heteroatoms. The molecule has 3 heterocycles. The summed E-state index contributed by atoms with van der Waals surface area (Å²) in [6.45, 7) is 0. The minimum Gasteiger partial charge on any atom is -0.465 e. The first-order valence-corrected chi connectivity index (χ1v) is 6.69. The van der Waals surface area contributed by atoms with Gasteiger partial charge in [0.05, 0.1) is 18.4 Å². The van der Waals surface area contributed by atoms with Gasteiger partial charge in [-0.15, -0.1) is 0 Å². The standard InChI is InChI=1S/C17H13N3O2/c1-22-17(21)14-6-11-20-16(13-4-9-19-10-5-13)15(14)12-2-7-18-8-3-12/h2-11H,1H3. The van der Waals surface area contributed by atoms with Crippen LogP contribution in [0.1, 0.15) is 10.4 Å². The SMILES string of the molecule is COC(=O)c1ccnc(-c2ccncc2)c1-c1ccncc1. The number of hydrogen-bond acceptors (Lipinski definition) is 5. The molecule has 0 radical (unpaired) electrons. The van der Waals surface area contributed by atoms with Crippen LogP contribution in [-0.4, -0.2) is 28.0 Å². The van der Waals surface area contributed by atoms with Crippen molar-refractivity contribution in [2.24, 2.45) is 0 Å². The van der Waals surface area contributed by atoms with Crippen LogP contribution in [-0.2, 0) is 4.74 Å². The molecule has 0 aromatic carbocycles. The number of ether oxygens (including phenoxy) is 1. The highest BCUT2D eigenvalue weighted by atomic mass is 16.5. The molecule has 0 N–H and O–H groups in total. The lowest BCUT2D eigenvalue weighted by atomic mass is 9.96. The first-order chi connectivity index (χ1) is 10.8. The average Bonchev–Trinajstić information content (AvgIpc) is 2.62. The van der Waals surface area contributed by atoms with Crippen LogP contribution in [0.4, 0.5) is 0 Å². The van der Waals surface area contributed by atoms with E-state index in [-0.39, 0.29) is 0 Å². The normalized spacial score (nSPS) is 10.2. The fourth-order valence-electron chi connectivity index (χ4n) is 2.28. The van der Waals surface area contributed by atoms with Gasteiger partial charge in [-0.25, -0.2) is 4.79 Å². The van der Waals surface area contributed by atoms with Gasteiger partial charge in [0.2, 0.25) is 0 Å². The lowest BCUT2D eigenvalue weighted by Crippen LogP contribution is -2.06. The van der Waals surface area contributed by atoms with Crippen LogP contribution in [0.5, 0.6) is 0 Å². The minimum absolute atomic E-state index is 0.399. The summed E-state index contributed by atoms with van der Waals surface area (Å²) in [5.74, 6) is -0.399. The molecule has 0 atom stereocenters. The Labute approximate surface area is 127 Å². The van der Waals surface area contributed by atoms with Gasteiger partial charge in [0.1, 0.15) is 0 Å². The van der Waals surface area contributed by atoms with Crippen molar-refractivity contribution in [3.63, 3.8) is 0 Å². The Bertz CT molecular complexity index is 790. The number of methoxy groups -OCH3 is 1. The Balaban J connectivity index is 2.29. The fraction of sp³-hybridized carbons (Fsp3) is 0.0588. The van der Waals surface area contributed by atoms with Gasteiger partial charge in [0.15, 0.2) is 0 Å². The van der Waals surface area contributed by atoms with Crippen LogP contribution < -0.4 is 0 Å². The second-order valence-electron chi connectivity index (χ2n) is 4.55. The third-order valence-corrected chi connectivity index (χ3v) is 3.28. The third kappa shape index (κ3) is 2.56. The average molecular weight is 291 g/mol. The molecule has 0 bridgehead atoms. The summed E-state index contributed by atoms with van der Waals surface area (Å²) in [7, 11) is 1.37. The number of carbonyl (C=O) groups excluding carboxylic acids is 1. The van der Waals surface area contributed by atoms with E-state index < -0.39 is 5.97 Å². The molecule has 0 fully saturated rings. The molecule has 0 aliphatic carbocycles. The minimum atomic E-state index is -0.399. The number of esters is 1. The van der Waals surface area contributed by atoms with Gasteiger partial charge in [-0.2, -0.15) is 0 Å². The van der Waals surface area contributed by atoms with Crippen molar-refractivity contribution in [3.8, 4) is 22.4 Å². The highest BCUT2D eigenvalue weighted by Gasteiger charge is 2.18. The van der Waals surface area contributed by atoms with Crippen LogP contribution >= 0.6 is 0 Å². The summed E-state index contributed by atoms with van der Waals surface area (Å²) < 4.78 is 4.89. The predicted octanol–water partition coefficient (Wildman–Crippen LogP) is 2.99. The van der Waals surface area contributed by atoms with Gasteiger partial charge in [0.25, 0.3) is 0 Å². The molecule has 0 spiro atoms. The number of hydrogen-bond donors (Lipinski definition) is 0. The molecule has 0 saturated carbocycles. The Morgan fingerprint density at radius 2 is 1.45 bits per heavy atom. The quantitative estimate of drug-likeness (QED) is 0.694. The van der Waals surface area contributed by atoms with Crippen molar-refractivity contribution in [2.45, 2.75) is 0 Å². The molecule has 3 aromatic rings. The van der Waals surface area contributed by atoms with E-state index in [0.29, 0.717) is 11.3 Å². The van der Waals surface area contributed by atoms with Gasteiger partial charge in [-0.3, -0.25) is 15.0 Å². The lowest BCUT2D eigenvalue weighted by molar-refractivity contribution is 0.0601. The zero-order valence-electron chi connectivity index (χ0n) is 11.9. The number of carbonyl (C=O) groups is 1. The van der Waals surface area contributed by atoms with E-state index in [1.165, 1.54) is 7.11 Å². The number of aromatic nitrogens is 3. The maximum absolute atomic E-state index is 12.1. The van der Waals surface area contributed by atoms with Gasteiger partial charge in [0, 0.05) is 42.1 Å². The van der Waals surface area contributed by atoms with E-state index in [4.69, 9.17) is 4.74 Å². The van der Waals surface area contributed by atoms with Crippen molar-refractivity contribution in [1.82, 2.24) is 15.0 Å². The molecule has 0 aliphatic rings. The molecule has 0 saturated heterocycles. The van der Waals surface area contributed by atoms with Crippen LogP contribution in [0.25, 0.3) is 22.4 Å². The molecule has 0 aliphatic heterocycles. The van der Waals surface area contributed by atoms with E-state index in [0.717, 1.165) is 16.7 Å². The molecule has 0 unspecified atom stereocenters. The van der Waals surface area contributed by atoms with Crippen LogP contribution in [0.2, 0.25) is 0 Å². The van der Waals surface area contributed by atoms with E-state index in [9.17, 15) is 4.79 Å². The van der Waals surface area contributed by atoms with Crippen LogP contribution in [0.3, 0.4) is 0 Å². The maximum Gasteiger partial charge on any atom is 0.338 e. The molecule has 3 rings (SSSR count). The molecular weight excluding hydrogens is 278 g/mol. The van der Waals surface area contributed by atoms with E-state index >= 15 is 0 Å². The second-order valence-corrected chi connectivity index (χ2v) is 4.55. The Kier molecular flexibility index (Phi) is 3.87. The second kappa shape index (κ2) is 6.13. The highest BCUT2D eigenvalue weighted by Crippen LogP contribution is 2.33. The largest absolute Gasteiger partial charge is 0.465 e. The summed E-state index contributed by atoms with van der Waals surface area (Å²) >= 11 is 0. The monoisotopic (exact) mass is 291 g/mol. The molecule has 5 nitrogen and oxygen atoms in total. The highest BCUT2D eigenvalue weighted by molar-refractivity contribution is 6.01. The molecule has 0 amide bonds. The Hall–Kier alpha value is -3.08. The van der Waals surface area contributed by atoms with Gasteiger partial charge in [-0.05, 0) is 35.9 Å². The van der Waals surface area contributed by atoms with Crippen LogP contribution in [0, 0.1) is 0 Å². The molecule has 3 aromatic heterocycles. The van der Waals surface area contributed by atoms with E-state index in [1.807, 2.05) is 24.3 Å². The summed E-state index contributed by atoms with van der Waals surface area (Å²) in [6.07, 6.45) is 8.35. The summed E-state index contributed by atoms with van der Waals surface area (Å²) in [4.78, 5) is 24.6. The summed E-state index contributed by atoms with van der Waals surface area (Å²) in [5, 5.41) is 0. The van der Waals surface area contributed by atoms with Gasteiger partial charge < -0.3 is 4.74 Å². The summed E-state index contributed by atoms with van der Waals surface area (Å²) in [5.41, 5.74) is 3.64. The fourth-order valence-corrected chi connectivity index (χ4v) is 2.28. The number of nitrogens with zero attached hydrogens (tertiary/aromatic N) is 3. The first-order valence-electron chi connectivity index (χ1n) is 6.69. The predicted molar refractivity (Wildman–Crippen MR) is 82.0 cm³/mol. The Morgan fingerprint density at radius 3 is 2.05 bits per heavy atom. The van der Waals surface area contributed by atoms with Crippen molar-refractivity contribution < 1.29 is 9.53 Å². The zero-order chi connectivity index (χ0) is 15.4. The summed E-state index contributed by atoms with van der Waals surface area (Å²) in [6, 6.07) is 9.05. The topological polar surface area (TPSA) is 65.0 Å². The van der Waals surface area contributed by atoms with Crippen LogP contribution in [0.15, 0.2) is 61.3 Å². The van der Waals surface area contributed by atoms with Crippen molar-refractivity contribution in [2.75, 3.05) is 7.11 Å². The van der Waals surface area contributed by atoms with E-state index in [2.05, 4.69) is 15.0 Å². The maximum atomic E-state index is 12.1. The smallest absolute Gasteiger partial charge is 0.338 e. The van der Waals surface area contributed by atoms with E-state index in [1.54, 1.807) is 37.1 Å². The van der Waals surface area contributed by atoms with Crippen molar-refractivity contribution in [3.05, 3.63) is 66.9 Å². The van der Waals surface area contributed by atoms with Gasteiger partial charge >= 0.3 is 5.97 Å². The molecular formula is C17H13N3O2. The number of pyridine rings is 3. The zero-order valence-corrected chi connectivity index (χ0v) is 11.9. The number of rotatable bonds is 3. The van der Waals surface area contributed by atoms with Gasteiger partial charge in [-0.1, -0.05) is 0 Å². The molecule has 108 valence electrons. The first kappa shape index (κ1) is 13.9. The van der Waals surface area contributed by atoms with Crippen molar-refractivity contribution in [1.29, 1.82) is 0 Å².